The summed E-state index contributed by atoms with van der Waals surface area (Å²) >= 11 is 5.39. The molecule has 1 rings (SSSR count). The number of rotatable bonds is 2. The zero-order valence-corrected chi connectivity index (χ0v) is 8.18. The number of hydrogen-bond donors (Lipinski definition) is 1. The molecule has 0 aliphatic heterocycles. The van der Waals surface area contributed by atoms with Crippen LogP contribution in [0.1, 0.15) is 12.5 Å². The van der Waals surface area contributed by atoms with Crippen LogP contribution in [0.15, 0.2) is 12.3 Å². The first-order valence-electron chi connectivity index (χ1n) is 3.80. The van der Waals surface area contributed by atoms with E-state index in [-0.39, 0.29) is 16.6 Å². The van der Waals surface area contributed by atoms with E-state index in [0.29, 0.717) is 5.56 Å². The van der Waals surface area contributed by atoms with E-state index < -0.39 is 5.82 Å². The lowest BCUT2D eigenvalue weighted by Gasteiger charge is -2.01. The summed E-state index contributed by atoms with van der Waals surface area (Å²) < 4.78 is 13.1. The number of nitrogens with two attached hydrogens (primary N) is 1. The lowest BCUT2D eigenvalue weighted by molar-refractivity contribution is -0.112. The third-order valence-corrected chi connectivity index (χ3v) is 1.81. The second-order valence-corrected chi connectivity index (χ2v) is 3.03. The molecule has 0 amide bonds. The second-order valence-electron chi connectivity index (χ2n) is 2.68. The molecule has 0 aromatic carbocycles. The third kappa shape index (κ3) is 2.29. The van der Waals surface area contributed by atoms with Gasteiger partial charge in [0.05, 0.1) is 5.69 Å². The monoisotopic (exact) mass is 214 g/mol. The highest BCUT2D eigenvalue weighted by Gasteiger charge is 2.08. The van der Waals surface area contributed by atoms with Crippen LogP contribution in [0.3, 0.4) is 0 Å². The maximum absolute atomic E-state index is 13.1. The van der Waals surface area contributed by atoms with Crippen molar-refractivity contribution in [1.82, 2.24) is 4.98 Å². The lowest BCUT2D eigenvalue weighted by atomic mass is 10.2. The predicted molar refractivity (Wildman–Crippen MR) is 53.3 cm³/mol. The van der Waals surface area contributed by atoms with E-state index in [1.54, 1.807) is 0 Å². The zero-order chi connectivity index (χ0) is 10.7. The molecule has 2 N–H and O–H groups in total. The molecule has 0 saturated carbocycles. The molecule has 0 bridgehead atoms. The number of nitrogen functional groups attached to an aromatic ring is 1. The molecule has 5 heteroatoms. The van der Waals surface area contributed by atoms with E-state index in [4.69, 9.17) is 17.3 Å². The summed E-state index contributed by atoms with van der Waals surface area (Å²) in [7, 11) is 0. The fraction of sp³-hybridized carbons (Fsp3) is 0.111. The van der Waals surface area contributed by atoms with Crippen molar-refractivity contribution in [3.63, 3.8) is 0 Å². The fourth-order valence-corrected chi connectivity index (χ4v) is 0.981. The smallest absolute Gasteiger partial charge is 0.183 e. The van der Waals surface area contributed by atoms with Crippen molar-refractivity contribution in [3.05, 3.63) is 28.8 Å². The Morgan fingerprint density at radius 3 is 2.93 bits per heavy atom. The molecule has 1 heterocycles. The average molecular weight is 215 g/mol. The fourth-order valence-electron chi connectivity index (χ4n) is 0.830. The highest BCUT2D eigenvalue weighted by molar-refractivity contribution is 6.29. The molecule has 0 radical (unpaired) electrons. The van der Waals surface area contributed by atoms with Crippen LogP contribution >= 0.6 is 11.6 Å². The SMILES string of the molecule is CC(=O)/C=C/c1cnc(Cl)c(F)c1N. The Bertz CT molecular complexity index is 404. The highest BCUT2D eigenvalue weighted by Crippen LogP contribution is 2.22. The first-order chi connectivity index (χ1) is 6.52. The van der Waals surface area contributed by atoms with Gasteiger partial charge in [-0.05, 0) is 19.1 Å². The minimum atomic E-state index is -0.766. The van der Waals surface area contributed by atoms with Crippen LogP contribution in [0.5, 0.6) is 0 Å². The van der Waals surface area contributed by atoms with Crippen molar-refractivity contribution in [2.75, 3.05) is 5.73 Å². The molecule has 0 aliphatic rings. The molecule has 0 aliphatic carbocycles. The Kier molecular flexibility index (Phi) is 3.19. The Balaban J connectivity index is 3.12. The van der Waals surface area contributed by atoms with Crippen LogP contribution in [0.25, 0.3) is 6.08 Å². The predicted octanol–water partition coefficient (Wildman–Crippen LogP) is 2.06. The minimum absolute atomic E-state index is 0.109. The first-order valence-corrected chi connectivity index (χ1v) is 4.18. The molecule has 0 saturated heterocycles. The summed E-state index contributed by atoms with van der Waals surface area (Å²) in [6.45, 7) is 1.38. The van der Waals surface area contributed by atoms with Gasteiger partial charge in [-0.15, -0.1) is 0 Å². The lowest BCUT2D eigenvalue weighted by Crippen LogP contribution is -1.97. The number of carbonyl (C=O) groups excluding carboxylic acids is 1. The maximum Gasteiger partial charge on any atom is 0.183 e. The van der Waals surface area contributed by atoms with Crippen LogP contribution in [-0.4, -0.2) is 10.8 Å². The maximum atomic E-state index is 13.1. The number of carbonyl (C=O) groups is 1. The van der Waals surface area contributed by atoms with Gasteiger partial charge in [-0.3, -0.25) is 4.79 Å². The topological polar surface area (TPSA) is 56.0 Å². The second kappa shape index (κ2) is 4.19. The van der Waals surface area contributed by atoms with Gasteiger partial charge in [-0.25, -0.2) is 9.37 Å². The average Bonchev–Trinajstić information content (AvgIpc) is 2.13. The summed E-state index contributed by atoms with van der Waals surface area (Å²) in [5.74, 6) is -0.919. The van der Waals surface area contributed by atoms with E-state index >= 15 is 0 Å². The van der Waals surface area contributed by atoms with Gasteiger partial charge in [-0.1, -0.05) is 11.6 Å². The van der Waals surface area contributed by atoms with E-state index in [1.807, 2.05) is 0 Å². The number of aromatic nitrogens is 1. The number of nitrogens with zero attached hydrogens (tertiary/aromatic N) is 1. The van der Waals surface area contributed by atoms with Crippen molar-refractivity contribution in [2.24, 2.45) is 0 Å². The van der Waals surface area contributed by atoms with Gasteiger partial charge in [0, 0.05) is 11.8 Å². The molecule has 0 atom stereocenters. The van der Waals surface area contributed by atoms with Crippen molar-refractivity contribution in [1.29, 1.82) is 0 Å². The van der Waals surface area contributed by atoms with Crippen molar-refractivity contribution >= 4 is 29.1 Å². The molecule has 3 nitrogen and oxygen atoms in total. The van der Waals surface area contributed by atoms with E-state index in [1.165, 1.54) is 25.3 Å². The molecule has 74 valence electrons. The van der Waals surface area contributed by atoms with E-state index in [9.17, 15) is 9.18 Å². The Labute approximate surface area is 85.4 Å². The normalized spacial score (nSPS) is 10.8. The number of anilines is 1. The molecule has 0 fully saturated rings. The molecular weight excluding hydrogens is 207 g/mol. The Morgan fingerprint density at radius 2 is 2.36 bits per heavy atom. The molecule has 0 unspecified atom stereocenters. The van der Waals surface area contributed by atoms with E-state index in [2.05, 4.69) is 4.98 Å². The zero-order valence-electron chi connectivity index (χ0n) is 7.42. The van der Waals surface area contributed by atoms with E-state index in [0.717, 1.165) is 0 Å². The number of allylic oxidation sites excluding steroid dienone is 1. The molecule has 1 aromatic heterocycles. The van der Waals surface area contributed by atoms with Gasteiger partial charge in [0.25, 0.3) is 0 Å². The van der Waals surface area contributed by atoms with Gasteiger partial charge >= 0.3 is 0 Å². The summed E-state index contributed by atoms with van der Waals surface area (Å²) in [5.41, 5.74) is 5.63. The number of ketones is 1. The number of halogens is 2. The van der Waals surface area contributed by atoms with Gasteiger partial charge in [-0.2, -0.15) is 0 Å². The van der Waals surface area contributed by atoms with Crippen LogP contribution in [-0.2, 0) is 4.79 Å². The molecular formula is C9H8ClFN2O. The van der Waals surface area contributed by atoms with Crippen molar-refractivity contribution in [2.45, 2.75) is 6.92 Å². The highest BCUT2D eigenvalue weighted by atomic mass is 35.5. The summed E-state index contributed by atoms with van der Waals surface area (Å²) in [5, 5.41) is -0.275. The van der Waals surface area contributed by atoms with Gasteiger partial charge < -0.3 is 5.73 Å². The summed E-state index contributed by atoms with van der Waals surface area (Å²) in [4.78, 5) is 14.2. The summed E-state index contributed by atoms with van der Waals surface area (Å²) in [6.07, 6.45) is 3.98. The molecule has 0 spiro atoms. The largest absolute Gasteiger partial charge is 0.396 e. The third-order valence-electron chi connectivity index (χ3n) is 1.54. The summed E-state index contributed by atoms with van der Waals surface area (Å²) in [6, 6.07) is 0. The van der Waals surface area contributed by atoms with Crippen LogP contribution in [0, 0.1) is 5.82 Å². The van der Waals surface area contributed by atoms with Crippen molar-refractivity contribution in [3.8, 4) is 0 Å². The van der Waals surface area contributed by atoms with Gasteiger partial charge in [0.15, 0.2) is 16.8 Å². The minimum Gasteiger partial charge on any atom is -0.396 e. The number of pyridine rings is 1. The van der Waals surface area contributed by atoms with Crippen LogP contribution < -0.4 is 5.73 Å². The molecule has 1 aromatic rings. The first kappa shape index (κ1) is 10.7. The van der Waals surface area contributed by atoms with Gasteiger partial charge in [0.2, 0.25) is 0 Å². The van der Waals surface area contributed by atoms with Crippen LogP contribution in [0.4, 0.5) is 10.1 Å². The Morgan fingerprint density at radius 1 is 1.71 bits per heavy atom. The van der Waals surface area contributed by atoms with Crippen LogP contribution in [0.2, 0.25) is 5.15 Å². The standard InChI is InChI=1S/C9H8ClFN2O/c1-5(14)2-3-6-4-13-9(10)7(11)8(6)12/h2-4H,1H3,(H2,12,13)/b3-2+. The number of hydrogen-bond acceptors (Lipinski definition) is 3. The van der Waals surface area contributed by atoms with Gasteiger partial charge in [0.1, 0.15) is 0 Å². The Hall–Kier alpha value is -1.42. The quantitative estimate of drug-likeness (QED) is 0.606. The van der Waals surface area contributed by atoms with Crippen molar-refractivity contribution < 1.29 is 9.18 Å². The molecule has 14 heavy (non-hydrogen) atoms.